The summed E-state index contributed by atoms with van der Waals surface area (Å²) in [6, 6.07) is 0. The van der Waals surface area contributed by atoms with Crippen LogP contribution in [0.2, 0.25) is 0 Å². The number of carbonyl (C=O) groups is 2. The second kappa shape index (κ2) is 33.9. The van der Waals surface area contributed by atoms with Crippen LogP contribution < -0.4 is 20.1 Å². The van der Waals surface area contributed by atoms with E-state index in [1.807, 2.05) is 0 Å². The van der Waals surface area contributed by atoms with Gasteiger partial charge in [0.05, 0.1) is 89.8 Å². The number of alkyl halides is 4. The first kappa shape index (κ1) is 66.7. The van der Waals surface area contributed by atoms with Crippen LogP contribution in [0.4, 0.5) is 0 Å². The fourth-order valence-corrected chi connectivity index (χ4v) is 18.3. The molecular weight excluding hydrogens is 1140 g/mol. The molecule has 26 heteroatoms. The van der Waals surface area contributed by atoms with Gasteiger partial charge in [-0.2, -0.15) is 0 Å². The molecule has 6 fully saturated rings. The minimum atomic E-state index is -3.46. The topological polar surface area (TPSA) is 253 Å². The highest BCUT2D eigenvalue weighted by Gasteiger charge is 2.49. The molecule has 4 saturated carbocycles. The highest BCUT2D eigenvalue weighted by molar-refractivity contribution is 7.90. The first-order valence-electron chi connectivity index (χ1n) is 28.6. The van der Waals surface area contributed by atoms with Crippen LogP contribution in [0.3, 0.4) is 0 Å². The summed E-state index contributed by atoms with van der Waals surface area (Å²) in [5.74, 6) is 1.95. The number of aliphatic hydroxyl groups excluding tert-OH is 2. The predicted molar refractivity (Wildman–Crippen MR) is 301 cm³/mol. The maximum Gasteiger partial charge on any atom is 0.252 e. The van der Waals surface area contributed by atoms with Gasteiger partial charge in [0.1, 0.15) is 0 Å². The number of nitrogens with one attached hydrogen (secondary N) is 4. The molecule has 0 radical (unpaired) electrons. The summed E-state index contributed by atoms with van der Waals surface area (Å²) in [6.07, 6.45) is 5.84. The smallest absolute Gasteiger partial charge is 0.252 e. The van der Waals surface area contributed by atoms with Crippen LogP contribution in [0, 0.1) is 47.3 Å². The molecule has 454 valence electrons. The van der Waals surface area contributed by atoms with Gasteiger partial charge in [-0.05, 0) is 138 Å². The molecule has 0 spiro atoms. The Labute approximate surface area is 484 Å². The molecule has 2 saturated heterocycles. The lowest BCUT2D eigenvalue weighted by Crippen LogP contribution is -2.53. The van der Waals surface area contributed by atoms with Crippen LogP contribution in [-0.2, 0) is 58.1 Å². The molecule has 20 nitrogen and oxygen atoms in total. The number of amides is 2. The standard InChI is InChI=1S/C52H92Cl4N6O14S2/c1-61-31-43(41-27-37(53)29-47(55)45(41)33-61)35-3-7-39(8-4-35)77(67,68)59-13-17-73-21-25-75-23-19-71-15-11-57-51(65)49(63)50(64)52(66)58-12-16-72-20-24-76-26-22-74-18-14-60-78(69,70)40-9-5-36(6-10-40)44-32-62(2)34-46-42(44)28-38(54)30-48(46)56/h35-50,59-60,63-64H,3-34H2,1-2H3,(H,57,65)(H,58,66). The van der Waals surface area contributed by atoms with Gasteiger partial charge in [0.2, 0.25) is 20.0 Å². The predicted octanol–water partition coefficient (Wildman–Crippen LogP) is 2.60. The number of carbonyl (C=O) groups excluding carboxylic acids is 2. The van der Waals surface area contributed by atoms with E-state index < -0.39 is 54.6 Å². The minimum absolute atomic E-state index is 0.0192. The molecule has 6 N–H and O–H groups in total. The summed E-state index contributed by atoms with van der Waals surface area (Å²) >= 11 is 26.8. The van der Waals surface area contributed by atoms with E-state index in [4.69, 9.17) is 74.8 Å². The van der Waals surface area contributed by atoms with Crippen LogP contribution in [0.5, 0.6) is 0 Å². The van der Waals surface area contributed by atoms with Crippen molar-refractivity contribution in [2.75, 3.05) is 146 Å². The molecule has 0 aromatic heterocycles. The number of likely N-dealkylation sites (tertiary alicyclic amines) is 2. The second-order valence-corrected chi connectivity index (χ2v) is 29.1. The van der Waals surface area contributed by atoms with Gasteiger partial charge in [-0.15, -0.1) is 46.4 Å². The van der Waals surface area contributed by atoms with E-state index in [9.17, 15) is 36.6 Å². The van der Waals surface area contributed by atoms with Gasteiger partial charge in [0.15, 0.2) is 12.2 Å². The van der Waals surface area contributed by atoms with Crippen LogP contribution in [0.1, 0.15) is 77.0 Å². The van der Waals surface area contributed by atoms with E-state index in [0.29, 0.717) is 73.0 Å². The van der Waals surface area contributed by atoms with Crippen molar-refractivity contribution < 1.29 is 65.1 Å². The Hall–Kier alpha value is -0.480. The van der Waals surface area contributed by atoms with Crippen molar-refractivity contribution >= 4 is 78.3 Å². The number of hydrogen-bond acceptors (Lipinski definition) is 16. The molecule has 0 bridgehead atoms. The fraction of sp³-hybridized carbons (Fsp3) is 0.962. The average Bonchev–Trinajstić information content (AvgIpc) is 3.47. The number of ether oxygens (including phenoxy) is 6. The van der Waals surface area contributed by atoms with Gasteiger partial charge >= 0.3 is 0 Å². The van der Waals surface area contributed by atoms with Crippen LogP contribution in [0.15, 0.2) is 0 Å². The molecule has 0 aromatic rings. The normalized spacial score (nSPS) is 33.1. The summed E-state index contributed by atoms with van der Waals surface area (Å²) in [4.78, 5) is 29.4. The lowest BCUT2D eigenvalue weighted by atomic mass is 9.63. The number of aliphatic hydroxyl groups is 2. The summed E-state index contributed by atoms with van der Waals surface area (Å²) < 4.78 is 90.8. The van der Waals surface area contributed by atoms with Gasteiger partial charge in [-0.25, -0.2) is 26.3 Å². The zero-order valence-corrected chi connectivity index (χ0v) is 50.5. The largest absolute Gasteiger partial charge is 0.380 e. The Balaban J connectivity index is 0.675. The molecule has 4 aliphatic carbocycles. The molecule has 6 rings (SSSR count). The summed E-state index contributed by atoms with van der Waals surface area (Å²) in [5, 5.41) is 24.8. The van der Waals surface area contributed by atoms with Crippen LogP contribution in [-0.4, -0.2) is 239 Å². The van der Waals surface area contributed by atoms with E-state index in [0.717, 1.165) is 77.5 Å². The first-order chi connectivity index (χ1) is 37.3. The number of sulfonamides is 2. The van der Waals surface area contributed by atoms with Crippen molar-refractivity contribution in [1.82, 2.24) is 29.9 Å². The third kappa shape index (κ3) is 20.9. The molecule has 2 aliphatic heterocycles. The van der Waals surface area contributed by atoms with Gasteiger partial charge in [0.25, 0.3) is 11.8 Å². The Bertz CT molecular complexity index is 1860. The third-order valence-electron chi connectivity index (χ3n) is 17.3. The fourth-order valence-electron chi connectivity index (χ4n) is 13.3. The van der Waals surface area contributed by atoms with Crippen molar-refractivity contribution in [2.24, 2.45) is 47.3 Å². The molecule has 78 heavy (non-hydrogen) atoms. The van der Waals surface area contributed by atoms with Gasteiger partial charge in [-0.3, -0.25) is 9.59 Å². The van der Waals surface area contributed by atoms with Crippen molar-refractivity contribution in [3.8, 4) is 0 Å². The zero-order valence-electron chi connectivity index (χ0n) is 45.9. The quantitative estimate of drug-likeness (QED) is 0.0408. The van der Waals surface area contributed by atoms with Crippen molar-refractivity contribution in [1.29, 1.82) is 0 Å². The van der Waals surface area contributed by atoms with Gasteiger partial charge < -0.3 is 59.1 Å². The van der Waals surface area contributed by atoms with Gasteiger partial charge in [0, 0.05) is 73.9 Å². The Morgan fingerprint density at radius 1 is 0.449 bits per heavy atom. The third-order valence-corrected chi connectivity index (χ3v) is 22.9. The zero-order chi connectivity index (χ0) is 56.2. The van der Waals surface area contributed by atoms with E-state index in [1.165, 1.54) is 0 Å². The van der Waals surface area contributed by atoms with E-state index >= 15 is 0 Å². The van der Waals surface area contributed by atoms with E-state index in [1.54, 1.807) is 0 Å². The molecule has 12 unspecified atom stereocenters. The highest BCUT2D eigenvalue weighted by atomic mass is 35.5. The number of hydrogen-bond donors (Lipinski definition) is 6. The van der Waals surface area contributed by atoms with Gasteiger partial charge in [-0.1, -0.05) is 0 Å². The summed E-state index contributed by atoms with van der Waals surface area (Å²) in [5.41, 5.74) is 0. The second-order valence-electron chi connectivity index (χ2n) is 22.7. The molecule has 12 atom stereocenters. The highest BCUT2D eigenvalue weighted by Crippen LogP contribution is 2.50. The average molecular weight is 1230 g/mol. The summed E-state index contributed by atoms with van der Waals surface area (Å²) in [7, 11) is -2.61. The van der Waals surface area contributed by atoms with Crippen molar-refractivity contribution in [3.63, 3.8) is 0 Å². The molecule has 2 amide bonds. The van der Waals surface area contributed by atoms with Crippen LogP contribution in [0.25, 0.3) is 0 Å². The van der Waals surface area contributed by atoms with E-state index in [-0.39, 0.29) is 127 Å². The maximum absolute atomic E-state index is 13.1. The minimum Gasteiger partial charge on any atom is -0.380 e. The molecular formula is C52H92Cl4N6O14S2. The Morgan fingerprint density at radius 3 is 1.08 bits per heavy atom. The Morgan fingerprint density at radius 2 is 0.744 bits per heavy atom. The first-order valence-corrected chi connectivity index (χ1v) is 33.5. The Kier molecular flexibility index (Phi) is 28.9. The lowest BCUT2D eigenvalue weighted by molar-refractivity contribution is -0.146. The number of nitrogens with zero attached hydrogens (tertiary/aromatic N) is 2. The number of fused-ring (bicyclic) bond motifs is 2. The molecule has 2 heterocycles. The molecule has 0 aromatic carbocycles. The number of piperidine rings is 2. The van der Waals surface area contributed by atoms with Crippen molar-refractivity contribution in [3.05, 3.63) is 0 Å². The SMILES string of the molecule is CN1CC2C(Cl)CC(Cl)CC2C(C2CCC(S(=O)(=O)NCCOCCOCCOCCNC(=O)C(O)C(O)C(=O)NCCOCCOCCOCCNS(=O)(=O)C3CCC(C4CN(C)CC5C(Cl)CC(Cl)CC54)CC3)CC2)C1. The molecule has 6 aliphatic rings. The monoisotopic (exact) mass is 1230 g/mol. The van der Waals surface area contributed by atoms with E-state index in [2.05, 4.69) is 44.0 Å². The summed E-state index contributed by atoms with van der Waals surface area (Å²) in [6.45, 7) is 7.09. The number of rotatable bonds is 33. The lowest BCUT2D eigenvalue weighted by Gasteiger charge is -2.51. The maximum atomic E-state index is 13.1. The van der Waals surface area contributed by atoms with Crippen molar-refractivity contribution in [2.45, 2.75) is 121 Å². The number of halogens is 4. The van der Waals surface area contributed by atoms with Crippen LogP contribution >= 0.6 is 46.4 Å².